The summed E-state index contributed by atoms with van der Waals surface area (Å²) in [6.45, 7) is 5.33. The van der Waals surface area contributed by atoms with Gasteiger partial charge in [0.25, 0.3) is 0 Å². The molecule has 0 amide bonds. The minimum absolute atomic E-state index is 0.167. The zero-order chi connectivity index (χ0) is 11.1. The number of nitrogens with zero attached hydrogens (tertiary/aromatic N) is 1. The summed E-state index contributed by atoms with van der Waals surface area (Å²) in [7, 11) is 0. The lowest BCUT2D eigenvalue weighted by Crippen LogP contribution is -1.94. The van der Waals surface area contributed by atoms with Crippen LogP contribution < -0.4 is 0 Å². The van der Waals surface area contributed by atoms with E-state index in [4.69, 9.17) is 5.26 Å². The van der Waals surface area contributed by atoms with Crippen molar-refractivity contribution in [1.29, 1.82) is 5.26 Å². The minimum Gasteiger partial charge on any atom is -0.295 e. The van der Waals surface area contributed by atoms with Gasteiger partial charge in [0.05, 0.1) is 11.6 Å². The molecule has 0 aromatic heterocycles. The second-order valence-electron chi connectivity index (χ2n) is 2.40. The summed E-state index contributed by atoms with van der Waals surface area (Å²) < 4.78 is 12.7. The van der Waals surface area contributed by atoms with Crippen LogP contribution in [0.1, 0.15) is 36.7 Å². The number of halogens is 1. The average Bonchev–Trinajstić information content (AvgIpc) is 2.20. The molecule has 0 radical (unpaired) electrons. The van der Waals surface area contributed by atoms with Gasteiger partial charge in [-0.1, -0.05) is 13.8 Å². The number of carbonyl (C=O) groups is 1. The molecule has 0 saturated carbocycles. The van der Waals surface area contributed by atoms with Crippen LogP contribution in [0.4, 0.5) is 4.39 Å². The number of benzene rings is 1. The third kappa shape index (κ3) is 3.36. The van der Waals surface area contributed by atoms with E-state index >= 15 is 0 Å². The fourth-order valence-corrected chi connectivity index (χ4v) is 0.857. The lowest BCUT2D eigenvalue weighted by molar-refractivity contribution is 0.101. The summed E-state index contributed by atoms with van der Waals surface area (Å²) in [6, 6.07) is 5.34. The number of nitriles is 1. The second kappa shape index (κ2) is 5.87. The van der Waals surface area contributed by atoms with Gasteiger partial charge in [-0.05, 0) is 25.1 Å². The number of ketones is 1. The number of hydrogen-bond donors (Lipinski definition) is 0. The number of rotatable bonds is 1. The van der Waals surface area contributed by atoms with Crippen LogP contribution in [0.25, 0.3) is 0 Å². The van der Waals surface area contributed by atoms with Crippen LogP contribution in [-0.2, 0) is 0 Å². The zero-order valence-corrected chi connectivity index (χ0v) is 8.47. The highest BCUT2D eigenvalue weighted by Crippen LogP contribution is 2.08. The lowest BCUT2D eigenvalue weighted by atomic mass is 10.1. The standard InChI is InChI=1S/C9H6FNO.C2H6/c1-6(12)8-2-7(5-11)3-9(10)4-8;1-2/h2-4H,1H3;1-2H3. The lowest BCUT2D eigenvalue weighted by Gasteiger charge is -1.95. The van der Waals surface area contributed by atoms with Gasteiger partial charge in [0.15, 0.2) is 5.78 Å². The molecule has 2 nitrogen and oxygen atoms in total. The Morgan fingerprint density at radius 3 is 2.36 bits per heavy atom. The molecule has 0 bridgehead atoms. The van der Waals surface area contributed by atoms with Crippen molar-refractivity contribution in [1.82, 2.24) is 0 Å². The van der Waals surface area contributed by atoms with Crippen molar-refractivity contribution in [3.63, 3.8) is 0 Å². The molecule has 0 atom stereocenters. The normalized spacial score (nSPS) is 8.21. The van der Waals surface area contributed by atoms with Gasteiger partial charge < -0.3 is 0 Å². The molecule has 1 aromatic rings. The number of Topliss-reactive ketones (excluding diaryl/α,β-unsaturated/α-hetero) is 1. The van der Waals surface area contributed by atoms with E-state index in [1.165, 1.54) is 13.0 Å². The van der Waals surface area contributed by atoms with Crippen molar-refractivity contribution in [2.75, 3.05) is 0 Å². The minimum atomic E-state index is -0.556. The average molecular weight is 193 g/mol. The first-order valence-electron chi connectivity index (χ1n) is 4.35. The molecule has 0 aliphatic carbocycles. The monoisotopic (exact) mass is 193 g/mol. The molecule has 3 heteroatoms. The fraction of sp³-hybridized carbons (Fsp3) is 0.273. The second-order valence-corrected chi connectivity index (χ2v) is 2.40. The van der Waals surface area contributed by atoms with E-state index in [-0.39, 0.29) is 16.9 Å². The van der Waals surface area contributed by atoms with E-state index in [1.54, 1.807) is 6.07 Å². The topological polar surface area (TPSA) is 40.9 Å². The van der Waals surface area contributed by atoms with Crippen LogP contribution in [0.2, 0.25) is 0 Å². The first-order chi connectivity index (χ1) is 6.63. The summed E-state index contributed by atoms with van der Waals surface area (Å²) in [5.41, 5.74) is 0.395. The smallest absolute Gasteiger partial charge is 0.159 e. The van der Waals surface area contributed by atoms with Gasteiger partial charge in [0.2, 0.25) is 0 Å². The van der Waals surface area contributed by atoms with Crippen LogP contribution in [0.15, 0.2) is 18.2 Å². The summed E-state index contributed by atoms with van der Waals surface area (Å²) in [6.07, 6.45) is 0. The molecule has 0 saturated heterocycles. The quantitative estimate of drug-likeness (QED) is 0.643. The maximum atomic E-state index is 12.7. The first-order valence-corrected chi connectivity index (χ1v) is 4.35. The van der Waals surface area contributed by atoms with Crippen LogP contribution in [-0.4, -0.2) is 5.78 Å². The SMILES string of the molecule is CC.CC(=O)c1cc(F)cc(C#N)c1. The molecule has 74 valence electrons. The predicted molar refractivity (Wildman–Crippen MR) is 52.5 cm³/mol. The molecule has 1 aromatic carbocycles. The molecular weight excluding hydrogens is 181 g/mol. The van der Waals surface area contributed by atoms with E-state index in [0.29, 0.717) is 0 Å². The van der Waals surface area contributed by atoms with E-state index in [0.717, 1.165) is 12.1 Å². The van der Waals surface area contributed by atoms with E-state index < -0.39 is 5.82 Å². The largest absolute Gasteiger partial charge is 0.295 e. The molecule has 1 rings (SSSR count). The summed E-state index contributed by atoms with van der Waals surface area (Å²) in [5, 5.41) is 8.44. The Kier molecular flexibility index (Phi) is 5.16. The molecule has 0 fully saturated rings. The van der Waals surface area contributed by atoms with Gasteiger partial charge in [-0.3, -0.25) is 4.79 Å². The van der Waals surface area contributed by atoms with Crippen molar-refractivity contribution in [2.45, 2.75) is 20.8 Å². The highest BCUT2D eigenvalue weighted by molar-refractivity contribution is 5.94. The van der Waals surface area contributed by atoms with Crippen LogP contribution in [0, 0.1) is 17.1 Å². The Morgan fingerprint density at radius 1 is 1.36 bits per heavy atom. The fourth-order valence-electron chi connectivity index (χ4n) is 0.857. The van der Waals surface area contributed by atoms with Gasteiger partial charge in [-0.2, -0.15) is 5.26 Å². The van der Waals surface area contributed by atoms with E-state index in [2.05, 4.69) is 0 Å². The maximum Gasteiger partial charge on any atom is 0.159 e. The van der Waals surface area contributed by atoms with Crippen molar-refractivity contribution in [2.24, 2.45) is 0 Å². The summed E-state index contributed by atoms with van der Waals surface area (Å²) in [5.74, 6) is -0.801. The molecule has 0 aliphatic heterocycles. The van der Waals surface area contributed by atoms with Crippen LogP contribution in [0.5, 0.6) is 0 Å². The Labute approximate surface area is 83.0 Å². The van der Waals surface area contributed by atoms with Crippen LogP contribution >= 0.6 is 0 Å². The maximum absolute atomic E-state index is 12.7. The van der Waals surface area contributed by atoms with Crippen LogP contribution in [0.3, 0.4) is 0 Å². The Morgan fingerprint density at radius 2 is 1.93 bits per heavy atom. The van der Waals surface area contributed by atoms with Gasteiger partial charge in [0.1, 0.15) is 5.82 Å². The summed E-state index contributed by atoms with van der Waals surface area (Å²) >= 11 is 0. The molecule has 14 heavy (non-hydrogen) atoms. The number of hydrogen-bond acceptors (Lipinski definition) is 2. The Bertz CT molecular complexity index is 366. The molecule has 0 spiro atoms. The highest BCUT2D eigenvalue weighted by Gasteiger charge is 2.03. The van der Waals surface area contributed by atoms with Crippen molar-refractivity contribution < 1.29 is 9.18 Å². The van der Waals surface area contributed by atoms with Crippen molar-refractivity contribution in [3.8, 4) is 6.07 Å². The molecule has 0 heterocycles. The van der Waals surface area contributed by atoms with Gasteiger partial charge in [-0.25, -0.2) is 4.39 Å². The molecule has 0 N–H and O–H groups in total. The number of carbonyl (C=O) groups excluding carboxylic acids is 1. The van der Waals surface area contributed by atoms with Gasteiger partial charge in [0, 0.05) is 5.56 Å². The predicted octanol–water partition coefficient (Wildman–Crippen LogP) is 2.93. The zero-order valence-electron chi connectivity index (χ0n) is 8.47. The third-order valence-corrected chi connectivity index (χ3v) is 1.43. The molecular formula is C11H12FNO. The van der Waals surface area contributed by atoms with E-state index in [9.17, 15) is 9.18 Å². The summed E-state index contributed by atoms with van der Waals surface area (Å²) in [4.78, 5) is 10.8. The van der Waals surface area contributed by atoms with Gasteiger partial charge >= 0.3 is 0 Å². The first kappa shape index (κ1) is 12.3. The van der Waals surface area contributed by atoms with Crippen molar-refractivity contribution in [3.05, 3.63) is 35.1 Å². The third-order valence-electron chi connectivity index (χ3n) is 1.43. The van der Waals surface area contributed by atoms with Gasteiger partial charge in [-0.15, -0.1) is 0 Å². The molecule has 0 aliphatic rings. The highest BCUT2D eigenvalue weighted by atomic mass is 19.1. The van der Waals surface area contributed by atoms with Crippen molar-refractivity contribution >= 4 is 5.78 Å². The Balaban J connectivity index is 0.000000791. The van der Waals surface area contributed by atoms with E-state index in [1.807, 2.05) is 13.8 Å². The Hall–Kier alpha value is -1.69. The molecule has 0 unspecified atom stereocenters.